The van der Waals surface area contributed by atoms with Gasteiger partial charge in [-0.3, -0.25) is 9.59 Å². The first kappa shape index (κ1) is 20.0. The molecule has 1 unspecified atom stereocenters. The Hall–Kier alpha value is -2.77. The fourth-order valence-electron chi connectivity index (χ4n) is 3.71. The molecule has 28 heavy (non-hydrogen) atoms. The van der Waals surface area contributed by atoms with Crippen LogP contribution in [0.15, 0.2) is 24.3 Å². The molecule has 152 valence electrons. The lowest BCUT2D eigenvalue weighted by Crippen LogP contribution is -2.48. The fraction of sp³-hybridized carbons (Fsp3) is 0.550. The molecule has 0 spiro atoms. The Bertz CT molecular complexity index is 730. The van der Waals surface area contributed by atoms with Gasteiger partial charge in [0.05, 0.1) is 25.3 Å². The molecule has 3 amide bonds. The lowest BCUT2D eigenvalue weighted by atomic mass is 10.0. The summed E-state index contributed by atoms with van der Waals surface area (Å²) in [6, 6.07) is 7.31. The van der Waals surface area contributed by atoms with Crippen molar-refractivity contribution in [2.45, 2.75) is 32.2 Å². The molecule has 0 bridgehead atoms. The van der Waals surface area contributed by atoms with E-state index < -0.39 is 0 Å². The van der Waals surface area contributed by atoms with Crippen molar-refractivity contribution in [3.63, 3.8) is 0 Å². The summed E-state index contributed by atoms with van der Waals surface area (Å²) < 4.78 is 10.3. The predicted molar refractivity (Wildman–Crippen MR) is 103 cm³/mol. The Balaban J connectivity index is 1.54. The lowest BCUT2D eigenvalue weighted by molar-refractivity contribution is -0.127. The molecule has 1 N–H and O–H groups in total. The van der Waals surface area contributed by atoms with Crippen LogP contribution in [0.25, 0.3) is 0 Å². The van der Waals surface area contributed by atoms with E-state index in [2.05, 4.69) is 5.32 Å². The van der Waals surface area contributed by atoms with E-state index in [1.165, 1.54) is 0 Å². The van der Waals surface area contributed by atoms with E-state index in [9.17, 15) is 14.4 Å². The minimum absolute atomic E-state index is 0.00795. The van der Waals surface area contributed by atoms with Gasteiger partial charge in [0.1, 0.15) is 5.75 Å². The highest BCUT2D eigenvalue weighted by Crippen LogP contribution is 2.32. The van der Waals surface area contributed by atoms with Gasteiger partial charge in [-0.2, -0.15) is 0 Å². The van der Waals surface area contributed by atoms with Gasteiger partial charge in [0, 0.05) is 32.1 Å². The number of hydrogen-bond donors (Lipinski definition) is 1. The lowest BCUT2D eigenvalue weighted by Gasteiger charge is -2.32. The summed E-state index contributed by atoms with van der Waals surface area (Å²) in [5.74, 6) is 0.0332. The van der Waals surface area contributed by atoms with Crippen molar-refractivity contribution in [1.29, 1.82) is 0 Å². The van der Waals surface area contributed by atoms with Gasteiger partial charge in [0.15, 0.2) is 0 Å². The van der Waals surface area contributed by atoms with E-state index >= 15 is 0 Å². The maximum Gasteiger partial charge on any atom is 0.409 e. The number of rotatable bonds is 5. The predicted octanol–water partition coefficient (Wildman–Crippen LogP) is 1.79. The van der Waals surface area contributed by atoms with Crippen LogP contribution in [0.3, 0.4) is 0 Å². The zero-order valence-electron chi connectivity index (χ0n) is 16.3. The Morgan fingerprint density at radius 1 is 1.21 bits per heavy atom. The number of methoxy groups -OCH3 is 1. The minimum Gasteiger partial charge on any atom is -0.495 e. The number of benzene rings is 1. The van der Waals surface area contributed by atoms with Crippen molar-refractivity contribution >= 4 is 23.6 Å². The summed E-state index contributed by atoms with van der Waals surface area (Å²) in [4.78, 5) is 40.2. The SMILES string of the molecule is CCOC(=O)N1CCC(NC(=O)C2CC(=O)N(c3ccccc3OC)C2)CC1. The highest BCUT2D eigenvalue weighted by atomic mass is 16.6. The monoisotopic (exact) mass is 389 g/mol. The van der Waals surface area contributed by atoms with Crippen molar-refractivity contribution in [3.05, 3.63) is 24.3 Å². The number of para-hydroxylation sites is 2. The first-order chi connectivity index (χ1) is 13.5. The van der Waals surface area contributed by atoms with Crippen LogP contribution >= 0.6 is 0 Å². The molecular formula is C20H27N3O5. The van der Waals surface area contributed by atoms with Crippen LogP contribution in [0.5, 0.6) is 5.75 Å². The van der Waals surface area contributed by atoms with E-state index in [0.717, 1.165) is 0 Å². The third-order valence-electron chi connectivity index (χ3n) is 5.24. The van der Waals surface area contributed by atoms with Crippen LogP contribution in [-0.4, -0.2) is 62.2 Å². The molecular weight excluding hydrogens is 362 g/mol. The molecule has 2 heterocycles. The van der Waals surface area contributed by atoms with Gasteiger partial charge < -0.3 is 24.6 Å². The summed E-state index contributed by atoms with van der Waals surface area (Å²) in [6.07, 6.45) is 1.25. The first-order valence-corrected chi connectivity index (χ1v) is 9.69. The molecule has 0 aromatic heterocycles. The van der Waals surface area contributed by atoms with Crippen LogP contribution in [0.4, 0.5) is 10.5 Å². The Kier molecular flexibility index (Phi) is 6.38. The van der Waals surface area contributed by atoms with E-state index in [1.54, 1.807) is 29.9 Å². The number of carbonyl (C=O) groups excluding carboxylic acids is 3. The first-order valence-electron chi connectivity index (χ1n) is 9.69. The van der Waals surface area contributed by atoms with Crippen LogP contribution in [0.1, 0.15) is 26.2 Å². The van der Waals surface area contributed by atoms with E-state index in [1.807, 2.05) is 18.2 Å². The average Bonchev–Trinajstić information content (AvgIpc) is 3.10. The number of ether oxygens (including phenoxy) is 2. The van der Waals surface area contributed by atoms with E-state index in [-0.39, 0.29) is 36.3 Å². The van der Waals surface area contributed by atoms with Crippen LogP contribution in [-0.2, 0) is 14.3 Å². The van der Waals surface area contributed by atoms with E-state index in [0.29, 0.717) is 50.5 Å². The molecule has 2 saturated heterocycles. The van der Waals surface area contributed by atoms with Crippen LogP contribution in [0.2, 0.25) is 0 Å². The molecule has 8 nitrogen and oxygen atoms in total. The molecule has 8 heteroatoms. The topological polar surface area (TPSA) is 88.2 Å². The number of carbonyl (C=O) groups is 3. The number of likely N-dealkylation sites (tertiary alicyclic amines) is 1. The third kappa shape index (κ3) is 4.37. The molecule has 1 aromatic carbocycles. The van der Waals surface area contributed by atoms with Gasteiger partial charge in [-0.05, 0) is 31.9 Å². The number of hydrogen-bond acceptors (Lipinski definition) is 5. The quantitative estimate of drug-likeness (QED) is 0.829. The van der Waals surface area contributed by atoms with Gasteiger partial charge in [-0.25, -0.2) is 4.79 Å². The second kappa shape index (κ2) is 8.95. The molecule has 0 radical (unpaired) electrons. The number of nitrogens with zero attached hydrogens (tertiary/aromatic N) is 2. The maximum absolute atomic E-state index is 12.7. The van der Waals surface area contributed by atoms with Crippen molar-refractivity contribution in [2.24, 2.45) is 5.92 Å². The van der Waals surface area contributed by atoms with Gasteiger partial charge in [0.2, 0.25) is 11.8 Å². The van der Waals surface area contributed by atoms with E-state index in [4.69, 9.17) is 9.47 Å². The number of nitrogens with one attached hydrogen (secondary N) is 1. The van der Waals surface area contributed by atoms with Crippen LogP contribution < -0.4 is 15.0 Å². The fourth-order valence-corrected chi connectivity index (χ4v) is 3.71. The molecule has 2 fully saturated rings. The van der Waals surface area contributed by atoms with Crippen molar-refractivity contribution < 1.29 is 23.9 Å². The summed E-state index contributed by atoms with van der Waals surface area (Å²) in [6.45, 7) is 3.59. The van der Waals surface area contributed by atoms with Gasteiger partial charge in [-0.1, -0.05) is 12.1 Å². The molecule has 2 aliphatic heterocycles. The van der Waals surface area contributed by atoms with Crippen LogP contribution in [0, 0.1) is 5.92 Å². The number of anilines is 1. The van der Waals surface area contributed by atoms with Crippen molar-refractivity contribution in [1.82, 2.24) is 10.2 Å². The number of amides is 3. The second-order valence-corrected chi connectivity index (χ2v) is 7.05. The normalized spacial score (nSPS) is 20.2. The standard InChI is InChI=1S/C20H27N3O5/c1-3-28-20(26)22-10-8-15(9-11-22)21-19(25)14-12-18(24)23(13-14)16-6-4-5-7-17(16)27-2/h4-7,14-15H,3,8-13H2,1-2H3,(H,21,25). The molecule has 3 rings (SSSR count). The van der Waals surface area contributed by atoms with Crippen molar-refractivity contribution in [2.75, 3.05) is 38.3 Å². The molecule has 0 saturated carbocycles. The van der Waals surface area contributed by atoms with Gasteiger partial charge >= 0.3 is 6.09 Å². The largest absolute Gasteiger partial charge is 0.495 e. The molecule has 2 aliphatic rings. The minimum atomic E-state index is -0.388. The zero-order chi connectivity index (χ0) is 20.1. The summed E-state index contributed by atoms with van der Waals surface area (Å²) in [5, 5.41) is 3.05. The number of piperidine rings is 1. The Morgan fingerprint density at radius 2 is 1.93 bits per heavy atom. The van der Waals surface area contributed by atoms with Crippen molar-refractivity contribution in [3.8, 4) is 5.75 Å². The average molecular weight is 389 g/mol. The van der Waals surface area contributed by atoms with Gasteiger partial charge in [0.25, 0.3) is 0 Å². The summed E-state index contributed by atoms with van der Waals surface area (Å²) in [5.41, 5.74) is 0.688. The highest BCUT2D eigenvalue weighted by molar-refractivity contribution is 6.01. The Labute approximate surface area is 164 Å². The zero-order valence-corrected chi connectivity index (χ0v) is 16.3. The smallest absolute Gasteiger partial charge is 0.409 e. The maximum atomic E-state index is 12.7. The third-order valence-corrected chi connectivity index (χ3v) is 5.24. The second-order valence-electron chi connectivity index (χ2n) is 7.05. The molecule has 0 aliphatic carbocycles. The highest BCUT2D eigenvalue weighted by Gasteiger charge is 2.37. The van der Waals surface area contributed by atoms with Gasteiger partial charge in [-0.15, -0.1) is 0 Å². The Morgan fingerprint density at radius 3 is 2.61 bits per heavy atom. The summed E-state index contributed by atoms with van der Waals surface area (Å²) >= 11 is 0. The molecule has 1 aromatic rings. The molecule has 1 atom stereocenters. The summed E-state index contributed by atoms with van der Waals surface area (Å²) in [7, 11) is 1.56.